The Morgan fingerprint density at radius 2 is 1.96 bits per heavy atom. The third-order valence-electron chi connectivity index (χ3n) is 3.66. The van der Waals surface area contributed by atoms with Crippen LogP contribution in [0.4, 0.5) is 17.3 Å². The summed E-state index contributed by atoms with van der Waals surface area (Å²) in [5, 5.41) is 5.33. The average molecular weight is 336 g/mol. The molecule has 0 saturated carbocycles. The van der Waals surface area contributed by atoms with Crippen LogP contribution < -0.4 is 10.2 Å². The molecule has 0 aliphatic carbocycles. The second-order valence-electron chi connectivity index (χ2n) is 5.58. The summed E-state index contributed by atoms with van der Waals surface area (Å²) in [6, 6.07) is 10.1. The average Bonchev–Trinajstić information content (AvgIpc) is 3.17. The van der Waals surface area contributed by atoms with Crippen molar-refractivity contribution in [3.8, 4) is 11.3 Å². The van der Waals surface area contributed by atoms with Gasteiger partial charge in [0.05, 0.1) is 5.69 Å². The monoisotopic (exact) mass is 336 g/mol. The summed E-state index contributed by atoms with van der Waals surface area (Å²) < 4.78 is 2.04. The number of nitrogens with one attached hydrogen (secondary N) is 1. The van der Waals surface area contributed by atoms with Gasteiger partial charge in [-0.1, -0.05) is 12.1 Å². The Morgan fingerprint density at radius 1 is 1.12 bits per heavy atom. The number of rotatable bonds is 4. The maximum Gasteiger partial charge on any atom is 0.194 e. The van der Waals surface area contributed by atoms with Gasteiger partial charge >= 0.3 is 0 Å². The molecular formula is C17H16N6S. The van der Waals surface area contributed by atoms with Gasteiger partial charge in [0.15, 0.2) is 4.96 Å². The molecule has 0 atom stereocenters. The van der Waals surface area contributed by atoms with E-state index in [1.165, 1.54) is 0 Å². The van der Waals surface area contributed by atoms with Crippen LogP contribution in [0.15, 0.2) is 54.4 Å². The molecular weight excluding hydrogens is 320 g/mol. The molecule has 0 radical (unpaired) electrons. The lowest BCUT2D eigenvalue weighted by molar-refractivity contribution is 1.04. The molecule has 3 aromatic heterocycles. The van der Waals surface area contributed by atoms with Crippen LogP contribution in [0.1, 0.15) is 0 Å². The van der Waals surface area contributed by atoms with Gasteiger partial charge in [0.25, 0.3) is 0 Å². The summed E-state index contributed by atoms with van der Waals surface area (Å²) in [5.41, 5.74) is 3.04. The summed E-state index contributed by atoms with van der Waals surface area (Å²) in [6.45, 7) is 0. The number of benzene rings is 1. The molecule has 0 amide bonds. The fourth-order valence-electron chi connectivity index (χ4n) is 2.40. The first kappa shape index (κ1) is 14.6. The van der Waals surface area contributed by atoms with Crippen LogP contribution in [0.25, 0.3) is 16.2 Å². The fraction of sp³-hybridized carbons (Fsp3) is 0.118. The van der Waals surface area contributed by atoms with Gasteiger partial charge in [-0.2, -0.15) is 0 Å². The van der Waals surface area contributed by atoms with E-state index in [-0.39, 0.29) is 0 Å². The molecule has 0 aliphatic rings. The first-order valence-corrected chi connectivity index (χ1v) is 8.36. The van der Waals surface area contributed by atoms with E-state index < -0.39 is 0 Å². The van der Waals surface area contributed by atoms with Crippen molar-refractivity contribution in [2.24, 2.45) is 0 Å². The quantitative estimate of drug-likeness (QED) is 0.616. The van der Waals surface area contributed by atoms with Gasteiger partial charge < -0.3 is 10.2 Å². The second kappa shape index (κ2) is 5.93. The van der Waals surface area contributed by atoms with Crippen LogP contribution in [0.2, 0.25) is 0 Å². The Hall–Kier alpha value is -2.93. The molecule has 0 saturated heterocycles. The molecule has 0 fully saturated rings. The maximum absolute atomic E-state index is 4.62. The number of hydrogen-bond acceptors (Lipinski definition) is 6. The van der Waals surface area contributed by atoms with E-state index in [0.29, 0.717) is 0 Å². The number of aromatic nitrogens is 4. The molecule has 0 aliphatic heterocycles. The van der Waals surface area contributed by atoms with Crippen molar-refractivity contribution in [3.63, 3.8) is 0 Å². The van der Waals surface area contributed by atoms with Crippen molar-refractivity contribution < 1.29 is 0 Å². The van der Waals surface area contributed by atoms with Crippen LogP contribution in [0, 0.1) is 0 Å². The SMILES string of the molecule is CN(C)c1cc(Nc2ccc(-c3cn4ccsc4n3)cc2)ncn1. The van der Waals surface area contributed by atoms with Crippen LogP contribution in [0.3, 0.4) is 0 Å². The number of nitrogens with zero attached hydrogens (tertiary/aromatic N) is 5. The molecule has 4 aromatic rings. The zero-order valence-corrected chi connectivity index (χ0v) is 14.2. The number of imidazole rings is 1. The summed E-state index contributed by atoms with van der Waals surface area (Å²) >= 11 is 1.63. The number of fused-ring (bicyclic) bond motifs is 1. The van der Waals surface area contributed by atoms with Crippen LogP contribution in [-0.2, 0) is 0 Å². The molecule has 0 bridgehead atoms. The summed E-state index contributed by atoms with van der Waals surface area (Å²) in [6.07, 6.45) is 5.62. The van der Waals surface area contributed by atoms with E-state index in [4.69, 9.17) is 0 Å². The van der Waals surface area contributed by atoms with Crippen LogP contribution in [0.5, 0.6) is 0 Å². The Morgan fingerprint density at radius 3 is 2.71 bits per heavy atom. The Kier molecular flexibility index (Phi) is 3.62. The van der Waals surface area contributed by atoms with Gasteiger partial charge in [-0.05, 0) is 12.1 Å². The molecule has 6 nitrogen and oxygen atoms in total. The first-order chi connectivity index (χ1) is 11.7. The summed E-state index contributed by atoms with van der Waals surface area (Å²) in [4.78, 5) is 16.0. The zero-order chi connectivity index (χ0) is 16.5. The van der Waals surface area contributed by atoms with Crippen molar-refractivity contribution in [2.75, 3.05) is 24.3 Å². The molecule has 4 rings (SSSR count). The molecule has 0 unspecified atom stereocenters. The van der Waals surface area contributed by atoms with Crippen molar-refractivity contribution >= 4 is 33.6 Å². The van der Waals surface area contributed by atoms with Gasteiger partial charge in [-0.3, -0.25) is 4.40 Å². The number of thiazole rings is 1. The van der Waals surface area contributed by atoms with Crippen molar-refractivity contribution in [1.29, 1.82) is 0 Å². The Balaban J connectivity index is 1.55. The highest BCUT2D eigenvalue weighted by Crippen LogP contribution is 2.24. The van der Waals surface area contributed by atoms with Crippen molar-refractivity contribution in [2.45, 2.75) is 0 Å². The standard InChI is InChI=1S/C17H16N6S/c1-22(2)16-9-15(18-11-19-16)20-13-5-3-12(4-6-13)14-10-23-7-8-24-17(23)21-14/h3-11H,1-2H3,(H,18,19,20). The van der Waals surface area contributed by atoms with Crippen LogP contribution in [-0.4, -0.2) is 33.4 Å². The summed E-state index contributed by atoms with van der Waals surface area (Å²) in [7, 11) is 3.91. The van der Waals surface area contributed by atoms with E-state index >= 15 is 0 Å². The van der Waals surface area contributed by atoms with Gasteiger partial charge in [-0.15, -0.1) is 11.3 Å². The number of hydrogen-bond donors (Lipinski definition) is 1. The molecule has 3 heterocycles. The Bertz CT molecular complexity index is 942. The van der Waals surface area contributed by atoms with Gasteiger partial charge in [0, 0.05) is 49.2 Å². The minimum Gasteiger partial charge on any atom is -0.363 e. The second-order valence-corrected chi connectivity index (χ2v) is 6.45. The van der Waals surface area contributed by atoms with E-state index in [0.717, 1.165) is 33.5 Å². The van der Waals surface area contributed by atoms with Gasteiger partial charge in [-0.25, -0.2) is 15.0 Å². The van der Waals surface area contributed by atoms with Crippen molar-refractivity contribution in [1.82, 2.24) is 19.4 Å². The smallest absolute Gasteiger partial charge is 0.194 e. The lowest BCUT2D eigenvalue weighted by Gasteiger charge is -2.12. The maximum atomic E-state index is 4.62. The molecule has 7 heteroatoms. The minimum absolute atomic E-state index is 0.768. The van der Waals surface area contributed by atoms with E-state index in [2.05, 4.69) is 32.4 Å². The number of anilines is 3. The minimum atomic E-state index is 0.768. The predicted octanol–water partition coefficient (Wildman–Crippen LogP) is 3.66. The summed E-state index contributed by atoms with van der Waals surface area (Å²) in [5.74, 6) is 1.63. The fourth-order valence-corrected chi connectivity index (χ4v) is 3.10. The molecule has 120 valence electrons. The molecule has 0 spiro atoms. The zero-order valence-electron chi connectivity index (χ0n) is 13.3. The third kappa shape index (κ3) is 2.81. The van der Waals surface area contributed by atoms with E-state index in [9.17, 15) is 0 Å². The third-order valence-corrected chi connectivity index (χ3v) is 4.43. The first-order valence-electron chi connectivity index (χ1n) is 7.48. The van der Waals surface area contributed by atoms with Crippen molar-refractivity contribution in [3.05, 3.63) is 54.4 Å². The van der Waals surface area contributed by atoms with E-state index in [1.54, 1.807) is 17.7 Å². The highest BCUT2D eigenvalue weighted by atomic mass is 32.1. The normalized spacial score (nSPS) is 10.9. The molecule has 24 heavy (non-hydrogen) atoms. The van der Waals surface area contributed by atoms with Gasteiger partial charge in [0.1, 0.15) is 18.0 Å². The molecule has 1 aromatic carbocycles. The topological polar surface area (TPSA) is 58.4 Å². The predicted molar refractivity (Wildman–Crippen MR) is 98.1 cm³/mol. The van der Waals surface area contributed by atoms with E-state index in [1.807, 2.05) is 59.4 Å². The highest BCUT2D eigenvalue weighted by molar-refractivity contribution is 7.15. The highest BCUT2D eigenvalue weighted by Gasteiger charge is 2.06. The lowest BCUT2D eigenvalue weighted by atomic mass is 10.1. The molecule has 1 N–H and O–H groups in total. The Labute approximate surface area is 143 Å². The van der Waals surface area contributed by atoms with Crippen LogP contribution >= 0.6 is 11.3 Å². The lowest BCUT2D eigenvalue weighted by Crippen LogP contribution is -2.11. The van der Waals surface area contributed by atoms with Gasteiger partial charge in [0.2, 0.25) is 0 Å². The largest absolute Gasteiger partial charge is 0.363 e.